The van der Waals surface area contributed by atoms with E-state index in [1.54, 1.807) is 18.2 Å². The Morgan fingerprint density at radius 2 is 1.83 bits per heavy atom. The van der Waals surface area contributed by atoms with Gasteiger partial charge in [-0.05, 0) is 60.7 Å². The van der Waals surface area contributed by atoms with E-state index < -0.39 is 11.8 Å². The van der Waals surface area contributed by atoms with Crippen LogP contribution in [0.5, 0.6) is 0 Å². The van der Waals surface area contributed by atoms with Gasteiger partial charge in [0.25, 0.3) is 11.8 Å². The maximum absolute atomic E-state index is 12.8. The molecule has 5 nitrogen and oxygen atoms in total. The molecular weight excluding hydrogens is 386 g/mol. The van der Waals surface area contributed by atoms with Crippen LogP contribution >= 0.6 is 11.6 Å². The predicted molar refractivity (Wildman–Crippen MR) is 119 cm³/mol. The van der Waals surface area contributed by atoms with Crippen molar-refractivity contribution < 1.29 is 9.59 Å². The van der Waals surface area contributed by atoms with Gasteiger partial charge in [0.15, 0.2) is 0 Å². The van der Waals surface area contributed by atoms with E-state index in [9.17, 15) is 9.59 Å². The van der Waals surface area contributed by atoms with Crippen LogP contribution in [0.25, 0.3) is 6.08 Å². The Balaban J connectivity index is 1.77. The summed E-state index contributed by atoms with van der Waals surface area (Å²) in [4.78, 5) is 27.3. The molecular formula is C23H26ClN3O2. The first-order valence-electron chi connectivity index (χ1n) is 9.70. The van der Waals surface area contributed by atoms with Gasteiger partial charge in [0, 0.05) is 24.3 Å². The molecule has 1 aliphatic heterocycles. The Morgan fingerprint density at radius 3 is 2.45 bits per heavy atom. The van der Waals surface area contributed by atoms with Gasteiger partial charge in [-0.25, -0.2) is 5.01 Å². The fourth-order valence-corrected chi connectivity index (χ4v) is 3.21. The van der Waals surface area contributed by atoms with Crippen LogP contribution in [0.4, 0.5) is 11.4 Å². The lowest BCUT2D eigenvalue weighted by molar-refractivity contribution is -0.117. The highest BCUT2D eigenvalue weighted by Crippen LogP contribution is 2.26. The minimum Gasteiger partial charge on any atom is -0.375 e. The lowest BCUT2D eigenvalue weighted by Gasteiger charge is -2.20. The highest BCUT2D eigenvalue weighted by Gasteiger charge is 2.34. The molecule has 29 heavy (non-hydrogen) atoms. The topological polar surface area (TPSA) is 52.7 Å². The van der Waals surface area contributed by atoms with Gasteiger partial charge in [0.2, 0.25) is 0 Å². The molecule has 6 heteroatoms. The summed E-state index contributed by atoms with van der Waals surface area (Å²) in [6.45, 7) is 7.28. The first kappa shape index (κ1) is 20.9. The van der Waals surface area contributed by atoms with Gasteiger partial charge in [-0.15, -0.1) is 0 Å². The molecule has 0 radical (unpaired) electrons. The van der Waals surface area contributed by atoms with Gasteiger partial charge in [-0.1, -0.05) is 43.6 Å². The van der Waals surface area contributed by atoms with E-state index in [-0.39, 0.29) is 5.57 Å². The number of carbonyl (C=O) groups is 2. The molecule has 0 aromatic heterocycles. The Labute approximate surface area is 176 Å². The van der Waals surface area contributed by atoms with Crippen molar-refractivity contribution in [1.29, 1.82) is 0 Å². The van der Waals surface area contributed by atoms with E-state index in [4.69, 9.17) is 11.6 Å². The molecule has 0 saturated carbocycles. The van der Waals surface area contributed by atoms with Gasteiger partial charge in [0.1, 0.15) is 5.57 Å². The molecule has 152 valence electrons. The maximum atomic E-state index is 12.8. The van der Waals surface area contributed by atoms with Crippen molar-refractivity contribution >= 4 is 40.9 Å². The van der Waals surface area contributed by atoms with E-state index in [0.29, 0.717) is 16.6 Å². The second kappa shape index (κ2) is 8.70. The summed E-state index contributed by atoms with van der Waals surface area (Å²) in [7, 11) is 2.06. The number of rotatable bonds is 6. The Bertz CT molecular complexity index is 951. The monoisotopic (exact) mass is 411 g/mol. The second-order valence-electron chi connectivity index (χ2n) is 7.77. The number of hydrogen-bond acceptors (Lipinski definition) is 3. The van der Waals surface area contributed by atoms with E-state index in [1.165, 1.54) is 5.01 Å². The van der Waals surface area contributed by atoms with Crippen LogP contribution in [-0.4, -0.2) is 25.4 Å². The normalized spacial score (nSPS) is 15.4. The molecule has 0 bridgehead atoms. The summed E-state index contributed by atoms with van der Waals surface area (Å²) in [6, 6.07) is 13.1. The van der Waals surface area contributed by atoms with Gasteiger partial charge in [-0.2, -0.15) is 0 Å². The van der Waals surface area contributed by atoms with Crippen LogP contribution < -0.4 is 15.3 Å². The maximum Gasteiger partial charge on any atom is 0.282 e. The third-order valence-electron chi connectivity index (χ3n) is 4.99. The first-order chi connectivity index (χ1) is 13.8. The van der Waals surface area contributed by atoms with Crippen LogP contribution in [0.15, 0.2) is 48.0 Å². The summed E-state index contributed by atoms with van der Waals surface area (Å²) in [5, 5.41) is 1.77. The van der Waals surface area contributed by atoms with Crippen molar-refractivity contribution in [2.24, 2.45) is 5.92 Å². The van der Waals surface area contributed by atoms with Gasteiger partial charge in [0.05, 0.1) is 5.69 Å². The highest BCUT2D eigenvalue weighted by molar-refractivity contribution is 6.33. The smallest absolute Gasteiger partial charge is 0.282 e. The third-order valence-corrected chi connectivity index (χ3v) is 5.40. The number of hydrogen-bond donors (Lipinski definition) is 1. The molecule has 0 spiro atoms. The number of nitrogens with zero attached hydrogens (tertiary/aromatic N) is 2. The van der Waals surface area contributed by atoms with Crippen molar-refractivity contribution in [3.63, 3.8) is 0 Å². The molecule has 3 rings (SSSR count). The summed E-state index contributed by atoms with van der Waals surface area (Å²) >= 11 is 6.15. The van der Waals surface area contributed by atoms with Crippen molar-refractivity contribution in [1.82, 2.24) is 5.43 Å². The van der Waals surface area contributed by atoms with Crippen LogP contribution in [0.1, 0.15) is 31.4 Å². The summed E-state index contributed by atoms with van der Waals surface area (Å²) in [6.07, 6.45) is 2.74. The second-order valence-corrected chi connectivity index (χ2v) is 8.18. The van der Waals surface area contributed by atoms with Gasteiger partial charge in [-0.3, -0.25) is 15.0 Å². The summed E-state index contributed by atoms with van der Waals surface area (Å²) in [5.74, 6) is -0.169. The Morgan fingerprint density at radius 1 is 1.14 bits per heavy atom. The number of aryl methyl sites for hydroxylation is 1. The van der Waals surface area contributed by atoms with Gasteiger partial charge < -0.3 is 4.90 Å². The summed E-state index contributed by atoms with van der Waals surface area (Å²) in [5.41, 5.74) is 6.04. The fourth-order valence-electron chi connectivity index (χ4n) is 3.03. The number of benzene rings is 2. The van der Waals surface area contributed by atoms with E-state index in [2.05, 4.69) is 31.2 Å². The molecule has 0 unspecified atom stereocenters. The average Bonchev–Trinajstić information content (AvgIpc) is 2.97. The van der Waals surface area contributed by atoms with Crippen molar-refractivity contribution in [3.05, 3.63) is 64.2 Å². The molecule has 1 saturated heterocycles. The molecule has 2 aromatic carbocycles. The fraction of sp³-hybridized carbons (Fsp3) is 0.304. The average molecular weight is 412 g/mol. The minimum absolute atomic E-state index is 0.0996. The van der Waals surface area contributed by atoms with Crippen LogP contribution in [0.3, 0.4) is 0 Å². The molecule has 1 aliphatic rings. The van der Waals surface area contributed by atoms with Crippen LogP contribution in [0, 0.1) is 12.8 Å². The number of carbonyl (C=O) groups excluding carboxylic acids is 2. The quantitative estimate of drug-likeness (QED) is 0.558. The number of amides is 2. The lowest BCUT2D eigenvalue weighted by atomic mass is 10.1. The molecule has 2 amide bonds. The zero-order valence-electron chi connectivity index (χ0n) is 17.2. The van der Waals surface area contributed by atoms with Gasteiger partial charge >= 0.3 is 0 Å². The molecule has 1 N–H and O–H groups in total. The lowest BCUT2D eigenvalue weighted by Crippen LogP contribution is -2.35. The van der Waals surface area contributed by atoms with E-state index in [1.807, 2.05) is 37.3 Å². The number of halogens is 1. The number of nitrogens with one attached hydrogen (secondary N) is 1. The molecule has 1 heterocycles. The Hall–Kier alpha value is -2.79. The van der Waals surface area contributed by atoms with E-state index >= 15 is 0 Å². The predicted octanol–water partition coefficient (Wildman–Crippen LogP) is 4.59. The number of anilines is 2. The van der Waals surface area contributed by atoms with Crippen molar-refractivity contribution in [2.75, 3.05) is 23.5 Å². The Kier molecular flexibility index (Phi) is 6.28. The molecule has 2 aromatic rings. The SMILES string of the molecule is Cc1ccc(N2NC(=O)C(=Cc3ccc(N(C)CCC(C)C)cc3)C2=O)cc1Cl. The van der Waals surface area contributed by atoms with Crippen molar-refractivity contribution in [3.8, 4) is 0 Å². The number of hydrazine groups is 1. The standard InChI is InChI=1S/C23H26ClN3O2/c1-15(2)11-12-26(4)18-9-6-17(7-10-18)13-20-22(28)25-27(23(20)29)19-8-5-16(3)21(24)14-19/h5-10,13-15H,11-12H2,1-4H3,(H,25,28). The molecule has 1 fully saturated rings. The van der Waals surface area contributed by atoms with Crippen molar-refractivity contribution in [2.45, 2.75) is 27.2 Å². The largest absolute Gasteiger partial charge is 0.375 e. The summed E-state index contributed by atoms with van der Waals surface area (Å²) < 4.78 is 0. The highest BCUT2D eigenvalue weighted by atomic mass is 35.5. The molecule has 0 aliphatic carbocycles. The first-order valence-corrected chi connectivity index (χ1v) is 10.1. The molecule has 0 atom stereocenters. The minimum atomic E-state index is -0.426. The van der Waals surface area contributed by atoms with Crippen LogP contribution in [0.2, 0.25) is 5.02 Å². The van der Waals surface area contributed by atoms with Crippen LogP contribution in [-0.2, 0) is 9.59 Å². The van der Waals surface area contributed by atoms with E-state index in [0.717, 1.165) is 29.8 Å². The zero-order valence-corrected chi connectivity index (χ0v) is 18.0. The third kappa shape index (κ3) is 4.80. The zero-order chi connectivity index (χ0) is 21.1.